The molecule has 0 heterocycles. The van der Waals surface area contributed by atoms with E-state index in [1.54, 1.807) is 6.07 Å². The van der Waals surface area contributed by atoms with Crippen LogP contribution in [-0.4, -0.2) is 17.6 Å². The molecular formula is C23H34ClNO2S. The lowest BCUT2D eigenvalue weighted by Gasteiger charge is -2.31. The SMILES string of the molecule is CC(C)CCN(C(=O)C1CCCCC1)c1cc(Cl)ccc1SC(=O)C(C)(C)C. The molecular weight excluding hydrogens is 390 g/mol. The van der Waals surface area contributed by atoms with E-state index in [4.69, 9.17) is 11.6 Å². The van der Waals surface area contributed by atoms with Gasteiger partial charge in [-0.2, -0.15) is 0 Å². The minimum atomic E-state index is -0.447. The van der Waals surface area contributed by atoms with Crippen LogP contribution in [0.25, 0.3) is 0 Å². The summed E-state index contributed by atoms with van der Waals surface area (Å²) in [5.74, 6) is 0.761. The van der Waals surface area contributed by atoms with Crippen LogP contribution in [-0.2, 0) is 9.59 Å². The zero-order valence-corrected chi connectivity index (χ0v) is 19.5. The number of hydrogen-bond donors (Lipinski definition) is 0. The third-order valence-electron chi connectivity index (χ3n) is 5.18. The van der Waals surface area contributed by atoms with E-state index in [9.17, 15) is 9.59 Å². The van der Waals surface area contributed by atoms with E-state index in [-0.39, 0.29) is 16.9 Å². The van der Waals surface area contributed by atoms with Crippen molar-refractivity contribution in [3.8, 4) is 0 Å². The maximum atomic E-state index is 13.4. The molecule has 0 atom stereocenters. The molecule has 1 aliphatic rings. The summed E-state index contributed by atoms with van der Waals surface area (Å²) in [6, 6.07) is 5.53. The highest BCUT2D eigenvalue weighted by atomic mass is 35.5. The first-order valence-corrected chi connectivity index (χ1v) is 11.6. The summed E-state index contributed by atoms with van der Waals surface area (Å²) in [7, 11) is 0. The Morgan fingerprint density at radius 1 is 1.18 bits per heavy atom. The Labute approximate surface area is 179 Å². The number of benzene rings is 1. The zero-order valence-electron chi connectivity index (χ0n) is 17.9. The molecule has 1 aromatic rings. The molecule has 1 aliphatic carbocycles. The highest BCUT2D eigenvalue weighted by Gasteiger charge is 2.30. The normalized spacial score (nSPS) is 15.7. The van der Waals surface area contributed by atoms with Gasteiger partial charge in [0.1, 0.15) is 0 Å². The van der Waals surface area contributed by atoms with Crippen LogP contribution in [0.3, 0.4) is 0 Å². The van der Waals surface area contributed by atoms with Crippen LogP contribution in [0.1, 0.15) is 73.1 Å². The van der Waals surface area contributed by atoms with Crippen molar-refractivity contribution < 1.29 is 9.59 Å². The molecule has 1 aromatic carbocycles. The second-order valence-electron chi connectivity index (χ2n) is 9.26. The Bertz CT molecular complexity index is 690. The first kappa shape index (κ1) is 23.3. The van der Waals surface area contributed by atoms with Gasteiger partial charge in [0, 0.05) is 27.8 Å². The molecule has 0 aromatic heterocycles. The lowest BCUT2D eigenvalue weighted by atomic mass is 9.88. The van der Waals surface area contributed by atoms with E-state index in [0.717, 1.165) is 42.7 Å². The Morgan fingerprint density at radius 3 is 2.39 bits per heavy atom. The average molecular weight is 424 g/mol. The van der Waals surface area contributed by atoms with E-state index >= 15 is 0 Å². The highest BCUT2D eigenvalue weighted by molar-refractivity contribution is 8.13. The van der Waals surface area contributed by atoms with Crippen LogP contribution >= 0.6 is 23.4 Å². The fourth-order valence-electron chi connectivity index (χ4n) is 3.35. The molecule has 2 rings (SSSR count). The highest BCUT2D eigenvalue weighted by Crippen LogP contribution is 2.38. The van der Waals surface area contributed by atoms with E-state index in [1.165, 1.54) is 18.2 Å². The van der Waals surface area contributed by atoms with Gasteiger partial charge in [0.25, 0.3) is 0 Å². The first-order chi connectivity index (χ1) is 13.1. The Hall–Kier alpha value is -1.00. The predicted octanol–water partition coefficient (Wildman–Crippen LogP) is 6.96. The molecule has 3 nitrogen and oxygen atoms in total. The van der Waals surface area contributed by atoms with Gasteiger partial charge in [-0.25, -0.2) is 0 Å². The lowest BCUT2D eigenvalue weighted by Crippen LogP contribution is -2.38. The van der Waals surface area contributed by atoms with Crippen LogP contribution in [0.5, 0.6) is 0 Å². The number of rotatable bonds is 6. The van der Waals surface area contributed by atoms with Gasteiger partial charge in [-0.1, -0.05) is 65.5 Å². The quantitative estimate of drug-likeness (QED) is 0.464. The van der Waals surface area contributed by atoms with Crippen molar-refractivity contribution in [3.05, 3.63) is 23.2 Å². The second kappa shape index (κ2) is 10.2. The van der Waals surface area contributed by atoms with Gasteiger partial charge in [-0.3, -0.25) is 9.59 Å². The van der Waals surface area contributed by atoms with Gasteiger partial charge in [0.2, 0.25) is 5.91 Å². The third kappa shape index (κ3) is 6.52. The van der Waals surface area contributed by atoms with Crippen LogP contribution < -0.4 is 4.90 Å². The smallest absolute Gasteiger partial charge is 0.230 e. The van der Waals surface area contributed by atoms with Crippen molar-refractivity contribution in [1.82, 2.24) is 0 Å². The van der Waals surface area contributed by atoms with Gasteiger partial charge in [-0.05, 0) is 55.1 Å². The molecule has 0 saturated heterocycles. The number of hydrogen-bond acceptors (Lipinski definition) is 3. The predicted molar refractivity (Wildman–Crippen MR) is 120 cm³/mol. The Balaban J connectivity index is 2.38. The van der Waals surface area contributed by atoms with Crippen LogP contribution in [0.2, 0.25) is 5.02 Å². The number of carbonyl (C=O) groups is 2. The molecule has 5 heteroatoms. The summed E-state index contributed by atoms with van der Waals surface area (Å²) in [5.41, 5.74) is 0.337. The van der Waals surface area contributed by atoms with Gasteiger partial charge in [0.05, 0.1) is 5.69 Å². The van der Waals surface area contributed by atoms with Crippen LogP contribution in [0.15, 0.2) is 23.1 Å². The fraction of sp³-hybridized carbons (Fsp3) is 0.652. The van der Waals surface area contributed by atoms with Gasteiger partial charge >= 0.3 is 0 Å². The Kier molecular flexibility index (Phi) is 8.44. The molecule has 0 radical (unpaired) electrons. The van der Waals surface area contributed by atoms with Crippen molar-refractivity contribution in [2.45, 2.75) is 78.0 Å². The summed E-state index contributed by atoms with van der Waals surface area (Å²) in [5, 5.41) is 0.679. The maximum Gasteiger partial charge on any atom is 0.230 e. The van der Waals surface area contributed by atoms with Crippen molar-refractivity contribution in [2.75, 3.05) is 11.4 Å². The second-order valence-corrected chi connectivity index (χ2v) is 10.7. The monoisotopic (exact) mass is 423 g/mol. The molecule has 0 N–H and O–H groups in total. The number of anilines is 1. The summed E-state index contributed by atoms with van der Waals surface area (Å²) in [6.07, 6.45) is 6.29. The molecule has 28 heavy (non-hydrogen) atoms. The molecule has 0 spiro atoms. The van der Waals surface area contributed by atoms with E-state index < -0.39 is 5.41 Å². The average Bonchev–Trinajstić information content (AvgIpc) is 2.63. The minimum absolute atomic E-state index is 0.0797. The van der Waals surface area contributed by atoms with Gasteiger partial charge in [0.15, 0.2) is 5.12 Å². The number of amides is 1. The topological polar surface area (TPSA) is 37.4 Å². The summed E-state index contributed by atoms with van der Waals surface area (Å²) < 4.78 is 0. The van der Waals surface area contributed by atoms with Crippen LogP contribution in [0.4, 0.5) is 5.69 Å². The van der Waals surface area contributed by atoms with E-state index in [2.05, 4.69) is 13.8 Å². The van der Waals surface area contributed by atoms with Crippen molar-refractivity contribution >= 4 is 40.1 Å². The van der Waals surface area contributed by atoms with E-state index in [1.807, 2.05) is 37.8 Å². The molecule has 0 aliphatic heterocycles. The Morgan fingerprint density at radius 2 is 1.82 bits per heavy atom. The number of halogens is 1. The molecule has 1 saturated carbocycles. The zero-order chi connectivity index (χ0) is 20.9. The standard InChI is InChI=1S/C23H34ClNO2S/c1-16(2)13-14-25(21(26)17-9-7-6-8-10-17)19-15-18(24)11-12-20(19)28-22(27)23(3,4)5/h11-12,15-17H,6-10,13-14H2,1-5H3. The van der Waals surface area contributed by atoms with Crippen molar-refractivity contribution in [3.63, 3.8) is 0 Å². The van der Waals surface area contributed by atoms with Gasteiger partial charge in [-0.15, -0.1) is 0 Å². The van der Waals surface area contributed by atoms with Crippen LogP contribution in [0, 0.1) is 17.3 Å². The largest absolute Gasteiger partial charge is 0.311 e. The van der Waals surface area contributed by atoms with Crippen molar-refractivity contribution in [1.29, 1.82) is 0 Å². The fourth-order valence-corrected chi connectivity index (χ4v) is 4.43. The number of thioether (sulfide) groups is 1. The summed E-state index contributed by atoms with van der Waals surface area (Å²) >= 11 is 7.53. The maximum absolute atomic E-state index is 13.4. The lowest BCUT2D eigenvalue weighted by molar-refractivity contribution is -0.123. The number of nitrogens with zero attached hydrogens (tertiary/aromatic N) is 1. The molecule has 0 unspecified atom stereocenters. The van der Waals surface area contributed by atoms with Gasteiger partial charge < -0.3 is 4.90 Å². The van der Waals surface area contributed by atoms with Crippen molar-refractivity contribution in [2.24, 2.45) is 17.3 Å². The molecule has 0 bridgehead atoms. The summed E-state index contributed by atoms with van der Waals surface area (Å²) in [6.45, 7) is 10.7. The number of carbonyl (C=O) groups excluding carboxylic acids is 2. The molecule has 1 fully saturated rings. The van der Waals surface area contributed by atoms with E-state index in [0.29, 0.717) is 17.5 Å². The minimum Gasteiger partial charge on any atom is -0.311 e. The molecule has 1 amide bonds. The summed E-state index contributed by atoms with van der Waals surface area (Å²) in [4.78, 5) is 28.8. The molecule has 156 valence electrons. The third-order valence-corrected chi connectivity index (χ3v) is 6.78. The first-order valence-electron chi connectivity index (χ1n) is 10.4.